The van der Waals surface area contributed by atoms with Crippen molar-refractivity contribution in [2.75, 3.05) is 17.2 Å². The van der Waals surface area contributed by atoms with Gasteiger partial charge in [-0.3, -0.25) is 5.32 Å². The number of rotatable bonds is 5. The largest absolute Gasteiger partial charge is 0.491 e. The number of halogens is 1. The molecule has 2 N–H and O–H groups in total. The number of nitrogens with zero attached hydrogens (tertiary/aromatic N) is 1. The molecule has 2 amide bonds. The summed E-state index contributed by atoms with van der Waals surface area (Å²) in [6.45, 7) is 3.77. The fourth-order valence-corrected chi connectivity index (χ4v) is 2.25. The maximum atomic E-state index is 14.2. The molecule has 0 aliphatic rings. The molecule has 3 aromatic rings. The summed E-state index contributed by atoms with van der Waals surface area (Å²) in [5.41, 5.74) is 0.718. The van der Waals surface area contributed by atoms with E-state index in [9.17, 15) is 9.18 Å². The average Bonchev–Trinajstić information content (AvgIpc) is 3.22. The van der Waals surface area contributed by atoms with Crippen molar-refractivity contribution in [3.05, 3.63) is 48.2 Å². The second-order valence-electron chi connectivity index (χ2n) is 5.14. The van der Waals surface area contributed by atoms with Gasteiger partial charge in [0.2, 0.25) is 0 Å². The number of carbonyl (C=O) groups excluding carboxylic acids is 1. The predicted molar refractivity (Wildman–Crippen MR) is 89.2 cm³/mol. The van der Waals surface area contributed by atoms with Gasteiger partial charge in [-0.2, -0.15) is 0 Å². The molecular weight excluding hydrogens is 329 g/mol. The normalized spacial score (nSPS) is 10.5. The number of urea groups is 1. The lowest BCUT2D eigenvalue weighted by atomic mass is 10.1. The summed E-state index contributed by atoms with van der Waals surface area (Å²) in [7, 11) is 0. The van der Waals surface area contributed by atoms with E-state index in [1.165, 1.54) is 18.4 Å². The van der Waals surface area contributed by atoms with Crippen LogP contribution in [0.25, 0.3) is 11.3 Å². The van der Waals surface area contributed by atoms with Crippen LogP contribution in [0.15, 0.2) is 45.5 Å². The molecule has 3 rings (SSSR count). The van der Waals surface area contributed by atoms with Gasteiger partial charge in [0.15, 0.2) is 17.4 Å². The maximum absolute atomic E-state index is 14.2. The predicted octanol–water partition coefficient (Wildman–Crippen LogP) is 4.42. The molecule has 0 saturated heterocycles. The van der Waals surface area contributed by atoms with Crippen molar-refractivity contribution in [1.82, 2.24) is 5.16 Å². The molecule has 0 fully saturated rings. The standard InChI is InChI=1S/C17H16FN3O4/c1-3-23-15-8-11(14-5-4-6-24-14)13(9-12(15)18)19-17(22)20-16-7-10(2)25-21-16/h4-9H,3H2,1-2H3,(H2,19,20,21,22). The summed E-state index contributed by atoms with van der Waals surface area (Å²) in [6, 6.07) is 7.02. The number of hydrogen-bond donors (Lipinski definition) is 2. The molecule has 0 aliphatic carbocycles. The molecule has 25 heavy (non-hydrogen) atoms. The zero-order chi connectivity index (χ0) is 17.8. The van der Waals surface area contributed by atoms with Crippen LogP contribution in [0.3, 0.4) is 0 Å². The van der Waals surface area contributed by atoms with Crippen molar-refractivity contribution in [3.63, 3.8) is 0 Å². The number of nitrogens with one attached hydrogen (secondary N) is 2. The highest BCUT2D eigenvalue weighted by molar-refractivity contribution is 6.01. The molecule has 0 radical (unpaired) electrons. The van der Waals surface area contributed by atoms with Crippen LogP contribution in [0.5, 0.6) is 5.75 Å². The van der Waals surface area contributed by atoms with E-state index in [2.05, 4.69) is 15.8 Å². The lowest BCUT2D eigenvalue weighted by Gasteiger charge is -2.13. The molecule has 0 spiro atoms. The SMILES string of the molecule is CCOc1cc(-c2ccco2)c(NC(=O)Nc2cc(C)on2)cc1F. The van der Waals surface area contributed by atoms with Gasteiger partial charge in [-0.05, 0) is 32.0 Å². The molecule has 8 heteroatoms. The van der Waals surface area contributed by atoms with Crippen LogP contribution < -0.4 is 15.4 Å². The highest BCUT2D eigenvalue weighted by Gasteiger charge is 2.17. The third kappa shape index (κ3) is 3.79. The molecule has 7 nitrogen and oxygen atoms in total. The van der Waals surface area contributed by atoms with Crippen molar-refractivity contribution in [2.45, 2.75) is 13.8 Å². The molecule has 130 valence electrons. The molecule has 0 atom stereocenters. The fourth-order valence-electron chi connectivity index (χ4n) is 2.25. The molecule has 1 aromatic carbocycles. The lowest BCUT2D eigenvalue weighted by molar-refractivity contribution is 0.262. The van der Waals surface area contributed by atoms with E-state index in [-0.39, 0.29) is 17.3 Å². The number of carbonyl (C=O) groups is 1. The minimum absolute atomic E-state index is 0.0759. The van der Waals surface area contributed by atoms with Crippen molar-refractivity contribution >= 4 is 17.5 Å². The molecule has 0 aliphatic heterocycles. The third-order valence-electron chi connectivity index (χ3n) is 3.28. The first-order valence-electron chi connectivity index (χ1n) is 7.58. The van der Waals surface area contributed by atoms with E-state index in [1.54, 1.807) is 32.0 Å². The summed E-state index contributed by atoms with van der Waals surface area (Å²) in [5.74, 6) is 0.755. The first-order valence-corrected chi connectivity index (χ1v) is 7.58. The van der Waals surface area contributed by atoms with E-state index in [0.717, 1.165) is 0 Å². The number of anilines is 2. The number of aryl methyl sites for hydroxylation is 1. The van der Waals surface area contributed by atoms with Gasteiger partial charge in [0.25, 0.3) is 0 Å². The summed E-state index contributed by atoms with van der Waals surface area (Å²) in [5, 5.41) is 8.75. The lowest BCUT2D eigenvalue weighted by Crippen LogP contribution is -2.20. The Morgan fingerprint density at radius 1 is 1.32 bits per heavy atom. The van der Waals surface area contributed by atoms with Crippen molar-refractivity contribution in [3.8, 4) is 17.1 Å². The van der Waals surface area contributed by atoms with Crippen LogP contribution in [-0.4, -0.2) is 17.8 Å². The Morgan fingerprint density at radius 3 is 2.80 bits per heavy atom. The van der Waals surface area contributed by atoms with Crippen molar-refractivity contribution < 1.29 is 22.9 Å². The minimum atomic E-state index is -0.593. The summed E-state index contributed by atoms with van der Waals surface area (Å²) in [4.78, 5) is 12.1. The van der Waals surface area contributed by atoms with Crippen LogP contribution >= 0.6 is 0 Å². The van der Waals surface area contributed by atoms with Crippen LogP contribution in [0.4, 0.5) is 20.7 Å². The molecule has 2 aromatic heterocycles. The van der Waals surface area contributed by atoms with Crippen LogP contribution in [0.2, 0.25) is 0 Å². The summed E-state index contributed by atoms with van der Waals surface area (Å²) in [6.07, 6.45) is 1.49. The Bertz CT molecular complexity index is 874. The number of hydrogen-bond acceptors (Lipinski definition) is 5. The second kappa shape index (κ2) is 7.08. The first kappa shape index (κ1) is 16.6. The topological polar surface area (TPSA) is 89.5 Å². The van der Waals surface area contributed by atoms with E-state index in [1.807, 2.05) is 0 Å². The Hall–Kier alpha value is -3.29. The van der Waals surface area contributed by atoms with Gasteiger partial charge in [-0.25, -0.2) is 9.18 Å². The van der Waals surface area contributed by atoms with Gasteiger partial charge < -0.3 is 19.0 Å². The summed E-state index contributed by atoms with van der Waals surface area (Å²) >= 11 is 0. The van der Waals surface area contributed by atoms with Crippen LogP contribution in [0, 0.1) is 12.7 Å². The van der Waals surface area contributed by atoms with E-state index in [0.29, 0.717) is 23.7 Å². The Labute approximate surface area is 142 Å². The molecule has 0 bridgehead atoms. The molecule has 2 heterocycles. The summed E-state index contributed by atoms with van der Waals surface area (Å²) < 4.78 is 29.7. The van der Waals surface area contributed by atoms with Crippen LogP contribution in [-0.2, 0) is 0 Å². The maximum Gasteiger partial charge on any atom is 0.324 e. The van der Waals surface area contributed by atoms with E-state index < -0.39 is 11.8 Å². The van der Waals surface area contributed by atoms with Crippen LogP contribution in [0.1, 0.15) is 12.7 Å². The molecule has 0 saturated carbocycles. The highest BCUT2D eigenvalue weighted by atomic mass is 19.1. The van der Waals surface area contributed by atoms with Gasteiger partial charge in [0, 0.05) is 17.7 Å². The quantitative estimate of drug-likeness (QED) is 0.714. The smallest absolute Gasteiger partial charge is 0.324 e. The number of amides is 2. The first-order chi connectivity index (χ1) is 12.1. The number of aromatic nitrogens is 1. The number of benzene rings is 1. The van der Waals surface area contributed by atoms with E-state index >= 15 is 0 Å². The highest BCUT2D eigenvalue weighted by Crippen LogP contribution is 2.34. The minimum Gasteiger partial charge on any atom is -0.491 e. The Morgan fingerprint density at radius 2 is 2.16 bits per heavy atom. The Kier molecular flexibility index (Phi) is 4.69. The van der Waals surface area contributed by atoms with E-state index in [4.69, 9.17) is 13.7 Å². The van der Waals surface area contributed by atoms with Gasteiger partial charge >= 0.3 is 6.03 Å². The van der Waals surface area contributed by atoms with Gasteiger partial charge in [0.1, 0.15) is 11.5 Å². The second-order valence-corrected chi connectivity index (χ2v) is 5.14. The zero-order valence-electron chi connectivity index (χ0n) is 13.6. The van der Waals surface area contributed by atoms with Gasteiger partial charge in [-0.15, -0.1) is 0 Å². The Balaban J connectivity index is 1.88. The monoisotopic (exact) mass is 345 g/mol. The van der Waals surface area contributed by atoms with Gasteiger partial charge in [0.05, 0.1) is 18.6 Å². The third-order valence-corrected chi connectivity index (χ3v) is 3.28. The zero-order valence-corrected chi connectivity index (χ0v) is 13.6. The number of ether oxygens (including phenoxy) is 1. The van der Waals surface area contributed by atoms with Gasteiger partial charge in [-0.1, -0.05) is 5.16 Å². The average molecular weight is 345 g/mol. The van der Waals surface area contributed by atoms with Crippen molar-refractivity contribution in [2.24, 2.45) is 0 Å². The number of furan rings is 1. The fraction of sp³-hybridized carbons (Fsp3) is 0.176. The molecule has 0 unspecified atom stereocenters. The molecular formula is C17H16FN3O4. The van der Waals surface area contributed by atoms with Crippen molar-refractivity contribution in [1.29, 1.82) is 0 Å².